The summed E-state index contributed by atoms with van der Waals surface area (Å²) in [6.45, 7) is 2.13. The molecule has 0 aliphatic heterocycles. The minimum absolute atomic E-state index is 0.443. The van der Waals surface area contributed by atoms with Crippen molar-refractivity contribution in [3.05, 3.63) is 65.9 Å². The summed E-state index contributed by atoms with van der Waals surface area (Å²) in [7, 11) is 0. The molecule has 0 fully saturated rings. The van der Waals surface area contributed by atoms with Gasteiger partial charge in [0.25, 0.3) is 0 Å². The van der Waals surface area contributed by atoms with Crippen molar-refractivity contribution >= 4 is 22.4 Å². The fourth-order valence-corrected chi connectivity index (χ4v) is 2.53. The molecule has 2 nitrogen and oxygen atoms in total. The molecule has 106 valence electrons. The number of benzene rings is 2. The number of ether oxygens (including phenoxy) is 1. The lowest BCUT2D eigenvalue weighted by Crippen LogP contribution is -1.93. The number of alkyl halides is 1. The monoisotopic (exact) mass is 297 g/mol. The van der Waals surface area contributed by atoms with Crippen LogP contribution in [0.1, 0.15) is 18.1 Å². The van der Waals surface area contributed by atoms with Gasteiger partial charge in [-0.2, -0.15) is 0 Å². The van der Waals surface area contributed by atoms with Crippen molar-refractivity contribution in [2.75, 3.05) is 0 Å². The highest BCUT2D eigenvalue weighted by Crippen LogP contribution is 2.30. The highest BCUT2D eigenvalue weighted by Gasteiger charge is 2.08. The van der Waals surface area contributed by atoms with Gasteiger partial charge < -0.3 is 4.74 Å². The SMILES string of the molecule is CCc1ccc(Oc2ncc(CCl)c3ccccc23)cc1. The summed E-state index contributed by atoms with van der Waals surface area (Å²) in [5, 5.41) is 2.07. The van der Waals surface area contributed by atoms with Crippen molar-refractivity contribution in [2.24, 2.45) is 0 Å². The van der Waals surface area contributed by atoms with Crippen molar-refractivity contribution in [2.45, 2.75) is 19.2 Å². The number of fused-ring (bicyclic) bond motifs is 1. The molecule has 0 atom stereocenters. The van der Waals surface area contributed by atoms with E-state index in [0.29, 0.717) is 11.8 Å². The first kappa shape index (κ1) is 13.9. The number of hydrogen-bond donors (Lipinski definition) is 0. The number of aryl methyl sites for hydroxylation is 1. The Balaban J connectivity index is 2.00. The topological polar surface area (TPSA) is 22.1 Å². The largest absolute Gasteiger partial charge is 0.438 e. The van der Waals surface area contributed by atoms with Gasteiger partial charge in [-0.3, -0.25) is 0 Å². The summed E-state index contributed by atoms with van der Waals surface area (Å²) in [5.74, 6) is 1.85. The van der Waals surface area contributed by atoms with E-state index < -0.39 is 0 Å². The smallest absolute Gasteiger partial charge is 0.227 e. The second-order valence-corrected chi connectivity index (χ2v) is 5.13. The number of aromatic nitrogens is 1. The van der Waals surface area contributed by atoms with Crippen molar-refractivity contribution in [1.82, 2.24) is 4.98 Å². The third-order valence-electron chi connectivity index (χ3n) is 3.53. The molecule has 0 aliphatic rings. The zero-order chi connectivity index (χ0) is 14.7. The van der Waals surface area contributed by atoms with Crippen LogP contribution in [0, 0.1) is 0 Å². The summed E-state index contributed by atoms with van der Waals surface area (Å²) >= 11 is 5.97. The van der Waals surface area contributed by atoms with E-state index in [1.54, 1.807) is 6.20 Å². The van der Waals surface area contributed by atoms with Crippen LogP contribution < -0.4 is 4.74 Å². The van der Waals surface area contributed by atoms with E-state index >= 15 is 0 Å². The van der Waals surface area contributed by atoms with Crippen LogP contribution in [0.25, 0.3) is 10.8 Å². The van der Waals surface area contributed by atoms with Gasteiger partial charge in [0.2, 0.25) is 5.88 Å². The first-order valence-corrected chi connectivity index (χ1v) is 7.54. The van der Waals surface area contributed by atoms with E-state index in [-0.39, 0.29) is 0 Å². The minimum atomic E-state index is 0.443. The molecule has 0 bridgehead atoms. The van der Waals surface area contributed by atoms with E-state index in [9.17, 15) is 0 Å². The number of halogens is 1. The molecule has 1 heterocycles. The van der Waals surface area contributed by atoms with Crippen molar-refractivity contribution in [3.63, 3.8) is 0 Å². The molecule has 0 unspecified atom stereocenters. The molecule has 0 amide bonds. The van der Waals surface area contributed by atoms with Crippen LogP contribution in [0.3, 0.4) is 0 Å². The molecule has 3 aromatic rings. The van der Waals surface area contributed by atoms with E-state index in [0.717, 1.165) is 28.5 Å². The van der Waals surface area contributed by atoms with E-state index in [1.807, 2.05) is 36.4 Å². The van der Waals surface area contributed by atoms with Crippen LogP contribution in [-0.4, -0.2) is 4.98 Å². The van der Waals surface area contributed by atoms with Gasteiger partial charge in [0.05, 0.1) is 0 Å². The van der Waals surface area contributed by atoms with Crippen LogP contribution in [0.4, 0.5) is 0 Å². The third kappa shape index (κ3) is 2.86. The predicted octanol–water partition coefficient (Wildman–Crippen LogP) is 5.33. The molecule has 0 spiro atoms. The Bertz CT molecular complexity index is 753. The fourth-order valence-electron chi connectivity index (χ4n) is 2.32. The van der Waals surface area contributed by atoms with Gasteiger partial charge in [-0.15, -0.1) is 11.6 Å². The minimum Gasteiger partial charge on any atom is -0.438 e. The number of nitrogens with zero attached hydrogens (tertiary/aromatic N) is 1. The van der Waals surface area contributed by atoms with Crippen LogP contribution in [0.5, 0.6) is 11.6 Å². The molecule has 21 heavy (non-hydrogen) atoms. The molecule has 0 radical (unpaired) electrons. The Hall–Kier alpha value is -2.06. The average Bonchev–Trinajstić information content (AvgIpc) is 2.56. The Morgan fingerprint density at radius 2 is 1.71 bits per heavy atom. The van der Waals surface area contributed by atoms with Crippen molar-refractivity contribution < 1.29 is 4.74 Å². The Morgan fingerprint density at radius 3 is 2.38 bits per heavy atom. The molecule has 0 aliphatic carbocycles. The van der Waals surface area contributed by atoms with Crippen LogP contribution in [-0.2, 0) is 12.3 Å². The maximum absolute atomic E-state index is 5.97. The van der Waals surface area contributed by atoms with Gasteiger partial charge in [0.1, 0.15) is 5.75 Å². The fraction of sp³-hybridized carbons (Fsp3) is 0.167. The number of pyridine rings is 1. The highest BCUT2D eigenvalue weighted by atomic mass is 35.5. The van der Waals surface area contributed by atoms with Gasteiger partial charge in [-0.1, -0.05) is 37.3 Å². The highest BCUT2D eigenvalue weighted by molar-refractivity contribution is 6.18. The standard InChI is InChI=1S/C18H16ClNO/c1-2-13-7-9-15(10-8-13)21-18-17-6-4-3-5-16(17)14(11-19)12-20-18/h3-10,12H,2,11H2,1H3. The molecule has 2 aromatic carbocycles. The van der Waals surface area contributed by atoms with Crippen molar-refractivity contribution in [3.8, 4) is 11.6 Å². The molecule has 0 saturated heterocycles. The van der Waals surface area contributed by atoms with E-state index in [1.165, 1.54) is 5.56 Å². The van der Waals surface area contributed by atoms with Crippen LogP contribution >= 0.6 is 11.6 Å². The predicted molar refractivity (Wildman–Crippen MR) is 87.2 cm³/mol. The molecule has 0 saturated carbocycles. The summed E-state index contributed by atoms with van der Waals surface area (Å²) in [6.07, 6.45) is 2.80. The summed E-state index contributed by atoms with van der Waals surface area (Å²) < 4.78 is 5.94. The van der Waals surface area contributed by atoms with Crippen LogP contribution in [0.15, 0.2) is 54.7 Å². The second kappa shape index (κ2) is 6.15. The van der Waals surface area contributed by atoms with Gasteiger partial charge in [-0.05, 0) is 41.1 Å². The lowest BCUT2D eigenvalue weighted by molar-refractivity contribution is 0.469. The quantitative estimate of drug-likeness (QED) is 0.607. The third-order valence-corrected chi connectivity index (χ3v) is 3.82. The molecule has 3 rings (SSSR count). The van der Waals surface area contributed by atoms with Crippen molar-refractivity contribution in [1.29, 1.82) is 0 Å². The van der Waals surface area contributed by atoms with E-state index in [2.05, 4.69) is 24.0 Å². The van der Waals surface area contributed by atoms with Gasteiger partial charge in [0.15, 0.2) is 0 Å². The van der Waals surface area contributed by atoms with Gasteiger partial charge in [-0.25, -0.2) is 4.98 Å². The Kier molecular flexibility index (Phi) is 4.07. The molecule has 3 heteroatoms. The second-order valence-electron chi connectivity index (χ2n) is 4.87. The zero-order valence-electron chi connectivity index (χ0n) is 11.8. The average molecular weight is 298 g/mol. The Labute approximate surface area is 129 Å². The number of hydrogen-bond acceptors (Lipinski definition) is 2. The number of rotatable bonds is 4. The molecule has 0 N–H and O–H groups in total. The molecule has 1 aromatic heterocycles. The van der Waals surface area contributed by atoms with Gasteiger partial charge >= 0.3 is 0 Å². The maximum atomic E-state index is 5.97. The first-order valence-electron chi connectivity index (χ1n) is 7.01. The molecular formula is C18H16ClNO. The normalized spacial score (nSPS) is 10.8. The lowest BCUT2D eigenvalue weighted by Gasteiger charge is -2.10. The first-order chi connectivity index (χ1) is 10.3. The summed E-state index contributed by atoms with van der Waals surface area (Å²) in [5.41, 5.74) is 2.30. The van der Waals surface area contributed by atoms with Gasteiger partial charge in [0, 0.05) is 17.5 Å². The van der Waals surface area contributed by atoms with E-state index in [4.69, 9.17) is 16.3 Å². The summed E-state index contributed by atoms with van der Waals surface area (Å²) in [6, 6.07) is 16.1. The molecular weight excluding hydrogens is 282 g/mol. The zero-order valence-corrected chi connectivity index (χ0v) is 12.6. The maximum Gasteiger partial charge on any atom is 0.227 e. The van der Waals surface area contributed by atoms with Crippen LogP contribution in [0.2, 0.25) is 0 Å². The lowest BCUT2D eigenvalue weighted by atomic mass is 10.1. The summed E-state index contributed by atoms with van der Waals surface area (Å²) in [4.78, 5) is 4.41. The Morgan fingerprint density at radius 1 is 1.00 bits per heavy atom.